The number of amides is 1. The molecule has 1 aliphatic carbocycles. The van der Waals surface area contributed by atoms with E-state index < -0.39 is 0 Å². The van der Waals surface area contributed by atoms with Crippen molar-refractivity contribution in [2.24, 2.45) is 11.0 Å². The second-order valence-electron chi connectivity index (χ2n) is 7.14. The highest BCUT2D eigenvalue weighted by molar-refractivity contribution is 5.99. The molecule has 3 aromatic rings. The molecule has 4 heteroatoms. The highest BCUT2D eigenvalue weighted by atomic mass is 19.1. The molecule has 1 fully saturated rings. The summed E-state index contributed by atoms with van der Waals surface area (Å²) in [5, 5.41) is 4.23. The molecule has 1 saturated carbocycles. The molecule has 28 heavy (non-hydrogen) atoms. The predicted molar refractivity (Wildman–Crippen MR) is 109 cm³/mol. The van der Waals surface area contributed by atoms with Crippen LogP contribution in [0.2, 0.25) is 0 Å². The van der Waals surface area contributed by atoms with Crippen molar-refractivity contribution < 1.29 is 9.18 Å². The van der Waals surface area contributed by atoms with Crippen LogP contribution in [-0.2, 0) is 10.2 Å². The van der Waals surface area contributed by atoms with Crippen LogP contribution in [0, 0.1) is 11.7 Å². The van der Waals surface area contributed by atoms with Gasteiger partial charge in [0.05, 0.1) is 11.6 Å². The minimum absolute atomic E-state index is 0.103. The first-order valence-corrected chi connectivity index (χ1v) is 9.32. The fraction of sp³-hybridized carbons (Fsp3) is 0.167. The smallest absolute Gasteiger partial charge is 0.244 e. The lowest BCUT2D eigenvalue weighted by molar-refractivity contribution is -0.122. The first-order valence-electron chi connectivity index (χ1n) is 9.32. The molecule has 140 valence electrons. The van der Waals surface area contributed by atoms with Gasteiger partial charge < -0.3 is 0 Å². The Morgan fingerprint density at radius 2 is 1.46 bits per heavy atom. The van der Waals surface area contributed by atoms with Crippen molar-refractivity contribution in [3.8, 4) is 0 Å². The van der Waals surface area contributed by atoms with Gasteiger partial charge in [0.1, 0.15) is 5.82 Å². The molecule has 0 aromatic heterocycles. The lowest BCUT2D eigenvalue weighted by Crippen LogP contribution is -2.26. The number of rotatable bonds is 5. The first-order chi connectivity index (χ1) is 13.6. The van der Waals surface area contributed by atoms with Crippen LogP contribution < -0.4 is 5.43 Å². The van der Waals surface area contributed by atoms with E-state index in [0.29, 0.717) is 5.71 Å². The quantitative estimate of drug-likeness (QED) is 0.513. The molecular weight excluding hydrogens is 351 g/mol. The van der Waals surface area contributed by atoms with E-state index in [1.54, 1.807) is 19.1 Å². The summed E-state index contributed by atoms with van der Waals surface area (Å²) >= 11 is 0. The lowest BCUT2D eigenvalue weighted by Gasteiger charge is -2.18. The Kier molecular flexibility index (Phi) is 4.78. The van der Waals surface area contributed by atoms with Crippen LogP contribution in [0.15, 0.2) is 90.0 Å². The van der Waals surface area contributed by atoms with E-state index in [-0.39, 0.29) is 23.1 Å². The predicted octanol–water partition coefficient (Wildman–Crippen LogP) is 4.67. The van der Waals surface area contributed by atoms with Crippen molar-refractivity contribution in [1.29, 1.82) is 0 Å². The van der Waals surface area contributed by atoms with E-state index in [1.165, 1.54) is 12.1 Å². The van der Waals surface area contributed by atoms with Crippen molar-refractivity contribution in [1.82, 2.24) is 5.43 Å². The van der Waals surface area contributed by atoms with Crippen LogP contribution in [0.4, 0.5) is 4.39 Å². The Bertz CT molecular complexity index is 958. The number of halogens is 1. The van der Waals surface area contributed by atoms with E-state index in [4.69, 9.17) is 0 Å². The number of hydrogen-bond donors (Lipinski definition) is 1. The van der Waals surface area contributed by atoms with E-state index >= 15 is 0 Å². The molecule has 0 heterocycles. The standard InChI is InChI=1S/C24H21FN2O/c1-17(18-12-14-21(25)15-13-18)26-27-23(28)22-16-24(22,19-8-4-2-5-9-19)20-10-6-3-7-11-20/h2-15,22H,16H2,1H3,(H,27,28)/b26-17-/t22-/m1/s1. The molecule has 1 aliphatic rings. The summed E-state index contributed by atoms with van der Waals surface area (Å²) in [6, 6.07) is 26.3. The Hall–Kier alpha value is -3.27. The zero-order valence-electron chi connectivity index (χ0n) is 15.6. The number of nitrogens with one attached hydrogen (secondary N) is 1. The van der Waals surface area contributed by atoms with Gasteiger partial charge in [-0.1, -0.05) is 72.8 Å². The van der Waals surface area contributed by atoms with E-state index in [9.17, 15) is 9.18 Å². The minimum atomic E-state index is -0.314. The highest BCUT2D eigenvalue weighted by Crippen LogP contribution is 2.58. The van der Waals surface area contributed by atoms with E-state index in [0.717, 1.165) is 23.1 Å². The third-order valence-electron chi connectivity index (χ3n) is 5.45. The fourth-order valence-corrected chi connectivity index (χ4v) is 3.83. The zero-order chi connectivity index (χ0) is 19.6. The zero-order valence-corrected chi connectivity index (χ0v) is 15.6. The summed E-state index contributed by atoms with van der Waals surface area (Å²) in [6.07, 6.45) is 0.748. The summed E-state index contributed by atoms with van der Waals surface area (Å²) < 4.78 is 13.1. The average molecular weight is 372 g/mol. The Balaban J connectivity index is 1.56. The van der Waals surface area contributed by atoms with Gasteiger partial charge in [0, 0.05) is 5.41 Å². The molecule has 1 N–H and O–H groups in total. The van der Waals surface area contributed by atoms with Gasteiger partial charge in [-0.05, 0) is 42.2 Å². The minimum Gasteiger partial charge on any atom is -0.273 e. The van der Waals surface area contributed by atoms with Gasteiger partial charge >= 0.3 is 0 Å². The molecule has 3 nitrogen and oxygen atoms in total. The van der Waals surface area contributed by atoms with Crippen LogP contribution in [0.3, 0.4) is 0 Å². The summed E-state index contributed by atoms with van der Waals surface area (Å²) in [4.78, 5) is 12.9. The first kappa shape index (κ1) is 18.1. The Morgan fingerprint density at radius 1 is 0.929 bits per heavy atom. The molecule has 0 unspecified atom stereocenters. The van der Waals surface area contributed by atoms with Crippen molar-refractivity contribution in [2.45, 2.75) is 18.8 Å². The van der Waals surface area contributed by atoms with Gasteiger partial charge in [0.15, 0.2) is 0 Å². The van der Waals surface area contributed by atoms with Gasteiger partial charge in [-0.15, -0.1) is 0 Å². The van der Waals surface area contributed by atoms with Gasteiger partial charge in [0.2, 0.25) is 5.91 Å². The van der Waals surface area contributed by atoms with Gasteiger partial charge in [-0.2, -0.15) is 5.10 Å². The Labute approximate surface area is 163 Å². The maximum absolute atomic E-state index is 13.1. The number of hydrazone groups is 1. The maximum atomic E-state index is 13.1. The van der Waals surface area contributed by atoms with Crippen LogP contribution in [0.25, 0.3) is 0 Å². The van der Waals surface area contributed by atoms with E-state index in [1.807, 2.05) is 36.4 Å². The number of carbonyl (C=O) groups is 1. The van der Waals surface area contributed by atoms with Crippen molar-refractivity contribution in [3.05, 3.63) is 107 Å². The molecule has 1 atom stereocenters. The summed E-state index contributed by atoms with van der Waals surface area (Å²) in [5.41, 5.74) is 6.08. The summed E-state index contributed by atoms with van der Waals surface area (Å²) in [7, 11) is 0. The molecule has 0 bridgehead atoms. The van der Waals surface area contributed by atoms with Crippen LogP contribution >= 0.6 is 0 Å². The molecule has 0 saturated heterocycles. The second kappa shape index (κ2) is 7.39. The molecule has 0 radical (unpaired) electrons. The molecule has 0 spiro atoms. The highest BCUT2D eigenvalue weighted by Gasteiger charge is 2.60. The summed E-state index contributed by atoms with van der Waals surface area (Å²) in [6.45, 7) is 1.79. The average Bonchev–Trinajstić information content (AvgIpc) is 3.51. The second-order valence-corrected chi connectivity index (χ2v) is 7.14. The van der Waals surface area contributed by atoms with Gasteiger partial charge in [-0.3, -0.25) is 4.79 Å². The molecule has 1 amide bonds. The van der Waals surface area contributed by atoms with Gasteiger partial charge in [0.25, 0.3) is 0 Å². The van der Waals surface area contributed by atoms with Crippen LogP contribution in [0.5, 0.6) is 0 Å². The fourth-order valence-electron chi connectivity index (χ4n) is 3.83. The largest absolute Gasteiger partial charge is 0.273 e. The monoisotopic (exact) mass is 372 g/mol. The van der Waals surface area contributed by atoms with Crippen molar-refractivity contribution in [3.63, 3.8) is 0 Å². The number of benzene rings is 3. The third-order valence-corrected chi connectivity index (χ3v) is 5.45. The topological polar surface area (TPSA) is 41.5 Å². The molecule has 0 aliphatic heterocycles. The Morgan fingerprint density at radius 3 is 2.00 bits per heavy atom. The van der Waals surface area contributed by atoms with Crippen molar-refractivity contribution in [2.75, 3.05) is 0 Å². The summed E-state index contributed by atoms with van der Waals surface area (Å²) in [5.74, 6) is -0.578. The van der Waals surface area contributed by atoms with Crippen LogP contribution in [0.1, 0.15) is 30.0 Å². The molecule has 3 aromatic carbocycles. The molecular formula is C24H21FN2O. The molecule has 4 rings (SSSR count). The SMILES string of the molecule is C/C(=N/NC(=O)[C@H]1CC1(c1ccccc1)c1ccccc1)c1ccc(F)cc1. The van der Waals surface area contributed by atoms with Gasteiger partial charge in [-0.25, -0.2) is 9.82 Å². The number of nitrogens with zero attached hydrogens (tertiary/aromatic N) is 1. The maximum Gasteiger partial charge on any atom is 0.244 e. The lowest BCUT2D eigenvalue weighted by atomic mass is 9.85. The third kappa shape index (κ3) is 3.33. The van der Waals surface area contributed by atoms with Crippen molar-refractivity contribution >= 4 is 11.6 Å². The number of carbonyl (C=O) groups excluding carboxylic acids is 1. The normalized spacial score (nSPS) is 17.8. The van der Waals surface area contributed by atoms with E-state index in [2.05, 4.69) is 34.8 Å². The number of hydrogen-bond acceptors (Lipinski definition) is 2. The van der Waals surface area contributed by atoms with Crippen LogP contribution in [-0.4, -0.2) is 11.6 Å².